The molecule has 124 valence electrons. The molecule has 3 atom stereocenters. The average Bonchev–Trinajstić information content (AvgIpc) is 2.50. The maximum Gasteiger partial charge on any atom is 0.0307 e. The van der Waals surface area contributed by atoms with E-state index in [1.54, 1.807) is 0 Å². The SMILES string of the molecule is CCCCCCC(C)(CN)N1CC2CCCCN2CC1C. The maximum atomic E-state index is 6.23. The van der Waals surface area contributed by atoms with Crippen molar-refractivity contribution >= 4 is 0 Å². The normalized spacial score (nSPS) is 30.9. The average molecular weight is 296 g/mol. The Balaban J connectivity index is 1.95. The Bertz CT molecular complexity index is 307. The number of piperazine rings is 1. The van der Waals surface area contributed by atoms with E-state index in [0.717, 1.165) is 12.6 Å². The van der Waals surface area contributed by atoms with Crippen LogP contribution in [0, 0.1) is 0 Å². The minimum absolute atomic E-state index is 0.205. The van der Waals surface area contributed by atoms with Gasteiger partial charge in [-0.25, -0.2) is 0 Å². The molecule has 2 fully saturated rings. The number of hydrogen-bond acceptors (Lipinski definition) is 3. The van der Waals surface area contributed by atoms with Crippen molar-refractivity contribution in [1.82, 2.24) is 9.80 Å². The van der Waals surface area contributed by atoms with E-state index in [0.29, 0.717) is 6.04 Å². The number of rotatable bonds is 7. The number of nitrogens with two attached hydrogens (primary N) is 1. The molecule has 0 radical (unpaired) electrons. The minimum atomic E-state index is 0.205. The number of unbranched alkanes of at least 4 members (excludes halogenated alkanes) is 3. The van der Waals surface area contributed by atoms with Gasteiger partial charge in [-0.1, -0.05) is 39.0 Å². The van der Waals surface area contributed by atoms with E-state index in [-0.39, 0.29) is 5.54 Å². The van der Waals surface area contributed by atoms with E-state index in [1.807, 2.05) is 0 Å². The van der Waals surface area contributed by atoms with Crippen LogP contribution in [0.25, 0.3) is 0 Å². The molecule has 2 heterocycles. The van der Waals surface area contributed by atoms with Gasteiger partial charge in [0.15, 0.2) is 0 Å². The van der Waals surface area contributed by atoms with Crippen molar-refractivity contribution in [1.29, 1.82) is 0 Å². The van der Waals surface area contributed by atoms with Crippen LogP contribution in [0.4, 0.5) is 0 Å². The molecule has 2 N–H and O–H groups in total. The van der Waals surface area contributed by atoms with Crippen molar-refractivity contribution in [3.63, 3.8) is 0 Å². The molecule has 3 heteroatoms. The van der Waals surface area contributed by atoms with Gasteiger partial charge in [0.05, 0.1) is 0 Å². The van der Waals surface area contributed by atoms with E-state index in [1.165, 1.54) is 71.0 Å². The largest absolute Gasteiger partial charge is 0.329 e. The van der Waals surface area contributed by atoms with Gasteiger partial charge in [0, 0.05) is 37.3 Å². The molecule has 2 rings (SSSR count). The van der Waals surface area contributed by atoms with Gasteiger partial charge in [-0.15, -0.1) is 0 Å². The van der Waals surface area contributed by atoms with Crippen LogP contribution in [0.15, 0.2) is 0 Å². The van der Waals surface area contributed by atoms with Crippen molar-refractivity contribution < 1.29 is 0 Å². The fourth-order valence-corrected chi connectivity index (χ4v) is 4.40. The van der Waals surface area contributed by atoms with Crippen LogP contribution in [0.5, 0.6) is 0 Å². The number of fused-ring (bicyclic) bond motifs is 1. The fraction of sp³-hybridized carbons (Fsp3) is 1.00. The van der Waals surface area contributed by atoms with E-state index in [4.69, 9.17) is 5.73 Å². The van der Waals surface area contributed by atoms with Gasteiger partial charge in [-0.2, -0.15) is 0 Å². The van der Waals surface area contributed by atoms with Crippen LogP contribution < -0.4 is 5.73 Å². The summed E-state index contributed by atoms with van der Waals surface area (Å²) < 4.78 is 0. The molecule has 2 aliphatic rings. The van der Waals surface area contributed by atoms with Crippen LogP contribution in [0.1, 0.15) is 72.1 Å². The van der Waals surface area contributed by atoms with Crippen LogP contribution >= 0.6 is 0 Å². The number of nitrogens with zero attached hydrogens (tertiary/aromatic N) is 2. The smallest absolute Gasteiger partial charge is 0.0307 e. The van der Waals surface area contributed by atoms with E-state index < -0.39 is 0 Å². The standard InChI is InChI=1S/C18H37N3/c1-4-5-6-8-11-18(3,15-19)21-14-17-10-7-9-12-20(17)13-16(21)2/h16-17H,4-15,19H2,1-3H3. The Morgan fingerprint density at radius 1 is 1.14 bits per heavy atom. The second kappa shape index (κ2) is 7.94. The van der Waals surface area contributed by atoms with Crippen molar-refractivity contribution in [2.75, 3.05) is 26.2 Å². The molecule has 0 aromatic rings. The Morgan fingerprint density at radius 2 is 1.95 bits per heavy atom. The van der Waals surface area contributed by atoms with E-state index >= 15 is 0 Å². The third-order valence-electron chi connectivity index (χ3n) is 5.89. The molecule has 0 spiro atoms. The van der Waals surface area contributed by atoms with Gasteiger partial charge < -0.3 is 5.73 Å². The summed E-state index contributed by atoms with van der Waals surface area (Å²) in [6, 6.07) is 1.44. The predicted molar refractivity (Wildman–Crippen MR) is 91.6 cm³/mol. The number of hydrogen-bond donors (Lipinski definition) is 1. The summed E-state index contributed by atoms with van der Waals surface area (Å²) in [6.45, 7) is 11.7. The zero-order valence-corrected chi connectivity index (χ0v) is 14.6. The molecule has 0 amide bonds. The van der Waals surface area contributed by atoms with Crippen molar-refractivity contribution in [2.45, 2.75) is 89.8 Å². The first-order valence-electron chi connectivity index (χ1n) is 9.31. The van der Waals surface area contributed by atoms with E-state index in [9.17, 15) is 0 Å². The minimum Gasteiger partial charge on any atom is -0.329 e. The first kappa shape index (κ1) is 17.2. The second-order valence-electron chi connectivity index (χ2n) is 7.66. The van der Waals surface area contributed by atoms with Gasteiger partial charge in [-0.05, 0) is 39.7 Å². The first-order chi connectivity index (χ1) is 10.1. The molecule has 2 saturated heterocycles. The monoisotopic (exact) mass is 295 g/mol. The topological polar surface area (TPSA) is 32.5 Å². The molecule has 0 bridgehead atoms. The van der Waals surface area contributed by atoms with Gasteiger partial charge in [0.25, 0.3) is 0 Å². The molecular formula is C18H37N3. The highest BCUT2D eigenvalue weighted by Crippen LogP contribution is 2.31. The van der Waals surface area contributed by atoms with Gasteiger partial charge in [-0.3, -0.25) is 9.80 Å². The molecule has 2 aliphatic heterocycles. The number of piperidine rings is 1. The second-order valence-corrected chi connectivity index (χ2v) is 7.66. The van der Waals surface area contributed by atoms with Gasteiger partial charge >= 0.3 is 0 Å². The zero-order chi connectivity index (χ0) is 15.3. The van der Waals surface area contributed by atoms with E-state index in [2.05, 4.69) is 30.6 Å². The third kappa shape index (κ3) is 4.20. The Labute approximate surface area is 132 Å². The maximum absolute atomic E-state index is 6.23. The van der Waals surface area contributed by atoms with Crippen molar-refractivity contribution in [2.24, 2.45) is 5.73 Å². The molecule has 0 aliphatic carbocycles. The summed E-state index contributed by atoms with van der Waals surface area (Å²) >= 11 is 0. The lowest BCUT2D eigenvalue weighted by molar-refractivity contribution is -0.0424. The summed E-state index contributed by atoms with van der Waals surface area (Å²) in [6.07, 6.45) is 10.8. The molecule has 21 heavy (non-hydrogen) atoms. The molecule has 3 nitrogen and oxygen atoms in total. The van der Waals surface area contributed by atoms with Gasteiger partial charge in [0.1, 0.15) is 0 Å². The Hall–Kier alpha value is -0.120. The summed E-state index contributed by atoms with van der Waals surface area (Å²) in [5, 5.41) is 0. The Kier molecular flexibility index (Phi) is 6.51. The fourth-order valence-electron chi connectivity index (χ4n) is 4.40. The van der Waals surface area contributed by atoms with Crippen molar-refractivity contribution in [3.8, 4) is 0 Å². The van der Waals surface area contributed by atoms with Crippen LogP contribution in [-0.2, 0) is 0 Å². The lowest BCUT2D eigenvalue weighted by Crippen LogP contribution is -2.66. The summed E-state index contributed by atoms with van der Waals surface area (Å²) in [5.41, 5.74) is 6.43. The zero-order valence-electron chi connectivity index (χ0n) is 14.6. The first-order valence-corrected chi connectivity index (χ1v) is 9.31. The molecule has 0 aromatic heterocycles. The summed E-state index contributed by atoms with van der Waals surface area (Å²) in [4.78, 5) is 5.49. The molecular weight excluding hydrogens is 258 g/mol. The van der Waals surface area contributed by atoms with Crippen LogP contribution in [0.3, 0.4) is 0 Å². The van der Waals surface area contributed by atoms with Gasteiger partial charge in [0.2, 0.25) is 0 Å². The molecule has 3 unspecified atom stereocenters. The molecule has 0 aromatic carbocycles. The highest BCUT2D eigenvalue weighted by molar-refractivity contribution is 4.97. The quantitative estimate of drug-likeness (QED) is 0.732. The van der Waals surface area contributed by atoms with Crippen LogP contribution in [0.2, 0.25) is 0 Å². The summed E-state index contributed by atoms with van der Waals surface area (Å²) in [7, 11) is 0. The highest BCUT2D eigenvalue weighted by atomic mass is 15.3. The highest BCUT2D eigenvalue weighted by Gasteiger charge is 2.40. The predicted octanol–water partition coefficient (Wildman–Crippen LogP) is 3.23. The van der Waals surface area contributed by atoms with Crippen LogP contribution in [-0.4, -0.2) is 53.6 Å². The lowest BCUT2D eigenvalue weighted by atomic mass is 9.87. The Morgan fingerprint density at radius 3 is 2.67 bits per heavy atom. The summed E-state index contributed by atoms with van der Waals surface area (Å²) in [5.74, 6) is 0. The molecule has 0 saturated carbocycles. The third-order valence-corrected chi connectivity index (χ3v) is 5.89. The lowest BCUT2D eigenvalue weighted by Gasteiger charge is -2.54. The van der Waals surface area contributed by atoms with Crippen molar-refractivity contribution in [3.05, 3.63) is 0 Å².